The van der Waals surface area contributed by atoms with E-state index in [1.54, 1.807) is 0 Å². The Hall–Kier alpha value is -0.120. The van der Waals surface area contributed by atoms with Gasteiger partial charge in [0.1, 0.15) is 0 Å². The van der Waals surface area contributed by atoms with Gasteiger partial charge in [-0.15, -0.1) is 0 Å². The maximum Gasteiger partial charge on any atom is 0.0730 e. The van der Waals surface area contributed by atoms with E-state index >= 15 is 0 Å². The van der Waals surface area contributed by atoms with Crippen LogP contribution in [0, 0.1) is 5.41 Å². The van der Waals surface area contributed by atoms with Crippen molar-refractivity contribution in [3.05, 3.63) is 0 Å². The second-order valence-corrected chi connectivity index (χ2v) is 7.56. The molecule has 1 saturated heterocycles. The minimum absolute atomic E-state index is 0.342. The number of nitrogens with zero attached hydrogens (tertiary/aromatic N) is 1. The van der Waals surface area contributed by atoms with E-state index in [1.165, 1.54) is 38.6 Å². The molecule has 1 N–H and O–H groups in total. The molecule has 2 rings (SSSR count). The van der Waals surface area contributed by atoms with Crippen molar-refractivity contribution in [1.29, 1.82) is 0 Å². The van der Waals surface area contributed by atoms with Gasteiger partial charge in [-0.1, -0.05) is 40.5 Å². The first-order chi connectivity index (χ1) is 9.52. The second kappa shape index (κ2) is 7.24. The summed E-state index contributed by atoms with van der Waals surface area (Å²) in [4.78, 5) is 2.71. The minimum atomic E-state index is 0.342. The normalized spacial score (nSPS) is 30.0. The molecule has 3 atom stereocenters. The van der Waals surface area contributed by atoms with Crippen molar-refractivity contribution >= 4 is 0 Å². The molecule has 3 nitrogen and oxygen atoms in total. The molecule has 0 aromatic carbocycles. The molecule has 2 fully saturated rings. The summed E-state index contributed by atoms with van der Waals surface area (Å²) in [7, 11) is 0. The largest absolute Gasteiger partial charge is 0.375 e. The number of rotatable bonds is 5. The number of hydrogen-bond acceptors (Lipinski definition) is 3. The fourth-order valence-electron chi connectivity index (χ4n) is 3.84. The zero-order valence-corrected chi connectivity index (χ0v) is 14.0. The zero-order valence-electron chi connectivity index (χ0n) is 14.0. The van der Waals surface area contributed by atoms with Crippen molar-refractivity contribution in [2.24, 2.45) is 5.41 Å². The van der Waals surface area contributed by atoms with E-state index in [4.69, 9.17) is 4.74 Å². The van der Waals surface area contributed by atoms with Crippen LogP contribution in [-0.2, 0) is 4.74 Å². The van der Waals surface area contributed by atoms with Gasteiger partial charge in [0.15, 0.2) is 0 Å². The minimum Gasteiger partial charge on any atom is -0.375 e. The lowest BCUT2D eigenvalue weighted by atomic mass is 9.84. The highest BCUT2D eigenvalue weighted by Gasteiger charge is 2.34. The van der Waals surface area contributed by atoms with Gasteiger partial charge in [0.05, 0.1) is 12.7 Å². The lowest BCUT2D eigenvalue weighted by Crippen LogP contribution is -2.54. The second-order valence-electron chi connectivity index (χ2n) is 7.56. The molecule has 1 saturated carbocycles. The van der Waals surface area contributed by atoms with Gasteiger partial charge in [-0.2, -0.15) is 0 Å². The summed E-state index contributed by atoms with van der Waals surface area (Å²) in [5.74, 6) is 0. The highest BCUT2D eigenvalue weighted by molar-refractivity contribution is 4.89. The first kappa shape index (κ1) is 16.3. The Kier molecular flexibility index (Phi) is 5.88. The van der Waals surface area contributed by atoms with Crippen molar-refractivity contribution in [1.82, 2.24) is 10.2 Å². The molecule has 1 heterocycles. The summed E-state index contributed by atoms with van der Waals surface area (Å²) in [6.07, 6.45) is 7.13. The van der Waals surface area contributed by atoms with Crippen LogP contribution in [0.25, 0.3) is 0 Å². The standard InChI is InChI=1S/C17H34N2O/c1-5-18-16(17(2,3)4)10-11-19-12-13-20-15-9-7-6-8-14(15)19/h14-16,18H,5-13H2,1-4H3. The fraction of sp³-hybridized carbons (Fsp3) is 1.00. The molecule has 118 valence electrons. The van der Waals surface area contributed by atoms with Crippen molar-refractivity contribution in [3.63, 3.8) is 0 Å². The van der Waals surface area contributed by atoms with Crippen molar-refractivity contribution in [2.75, 3.05) is 26.2 Å². The van der Waals surface area contributed by atoms with E-state index in [2.05, 4.69) is 37.9 Å². The van der Waals surface area contributed by atoms with Crippen LogP contribution in [0.5, 0.6) is 0 Å². The highest BCUT2D eigenvalue weighted by atomic mass is 16.5. The topological polar surface area (TPSA) is 24.5 Å². The van der Waals surface area contributed by atoms with Gasteiger partial charge in [0, 0.05) is 25.2 Å². The Labute approximate surface area is 125 Å². The van der Waals surface area contributed by atoms with E-state index in [-0.39, 0.29) is 0 Å². The number of morpholine rings is 1. The first-order valence-corrected chi connectivity index (χ1v) is 8.61. The Morgan fingerprint density at radius 2 is 2.00 bits per heavy atom. The van der Waals surface area contributed by atoms with Crippen LogP contribution in [-0.4, -0.2) is 49.3 Å². The van der Waals surface area contributed by atoms with Gasteiger partial charge in [-0.3, -0.25) is 4.90 Å². The number of hydrogen-bond donors (Lipinski definition) is 1. The van der Waals surface area contributed by atoms with Crippen LogP contribution in [0.15, 0.2) is 0 Å². The zero-order chi connectivity index (χ0) is 14.6. The monoisotopic (exact) mass is 282 g/mol. The molecular weight excluding hydrogens is 248 g/mol. The van der Waals surface area contributed by atoms with E-state index in [0.29, 0.717) is 23.6 Å². The van der Waals surface area contributed by atoms with Gasteiger partial charge in [-0.25, -0.2) is 0 Å². The third kappa shape index (κ3) is 4.19. The lowest BCUT2D eigenvalue weighted by Gasteiger charge is -2.45. The van der Waals surface area contributed by atoms with E-state index in [9.17, 15) is 0 Å². The van der Waals surface area contributed by atoms with Crippen LogP contribution in [0.1, 0.15) is 59.8 Å². The molecule has 0 amide bonds. The van der Waals surface area contributed by atoms with Crippen LogP contribution >= 0.6 is 0 Å². The lowest BCUT2D eigenvalue weighted by molar-refractivity contribution is -0.0893. The third-order valence-corrected chi connectivity index (χ3v) is 5.05. The predicted molar refractivity (Wildman–Crippen MR) is 85.1 cm³/mol. The quantitative estimate of drug-likeness (QED) is 0.839. The summed E-state index contributed by atoms with van der Waals surface area (Å²) in [5.41, 5.74) is 0.342. The Balaban J connectivity index is 1.87. The van der Waals surface area contributed by atoms with Gasteiger partial charge in [0.2, 0.25) is 0 Å². The van der Waals surface area contributed by atoms with E-state index in [1.807, 2.05) is 0 Å². The molecule has 0 bridgehead atoms. The van der Waals surface area contributed by atoms with Crippen molar-refractivity contribution < 1.29 is 4.74 Å². The van der Waals surface area contributed by atoms with E-state index < -0.39 is 0 Å². The van der Waals surface area contributed by atoms with Crippen LogP contribution in [0.4, 0.5) is 0 Å². The van der Waals surface area contributed by atoms with Crippen LogP contribution < -0.4 is 5.32 Å². The summed E-state index contributed by atoms with van der Waals surface area (Å²) < 4.78 is 5.98. The molecule has 3 unspecified atom stereocenters. The molecular formula is C17H34N2O. The Morgan fingerprint density at radius 1 is 1.25 bits per heavy atom. The third-order valence-electron chi connectivity index (χ3n) is 5.05. The van der Waals surface area contributed by atoms with E-state index in [0.717, 1.165) is 19.7 Å². The molecule has 0 aromatic rings. The molecule has 0 spiro atoms. The Bertz CT molecular complexity index is 285. The Morgan fingerprint density at radius 3 is 2.70 bits per heavy atom. The number of fused-ring (bicyclic) bond motifs is 1. The summed E-state index contributed by atoms with van der Waals surface area (Å²) in [5, 5.41) is 3.68. The average molecular weight is 282 g/mol. The number of ether oxygens (including phenoxy) is 1. The van der Waals surface area contributed by atoms with Crippen molar-refractivity contribution in [3.8, 4) is 0 Å². The SMILES string of the molecule is CCNC(CCN1CCOC2CCCCC21)C(C)(C)C. The summed E-state index contributed by atoms with van der Waals surface area (Å²) >= 11 is 0. The molecule has 2 aliphatic rings. The van der Waals surface area contributed by atoms with Gasteiger partial charge >= 0.3 is 0 Å². The summed E-state index contributed by atoms with van der Waals surface area (Å²) in [6.45, 7) is 13.6. The maximum absolute atomic E-state index is 5.98. The molecule has 0 radical (unpaired) electrons. The van der Waals surface area contributed by atoms with Gasteiger partial charge in [-0.05, 0) is 31.2 Å². The highest BCUT2D eigenvalue weighted by Crippen LogP contribution is 2.29. The molecule has 0 aromatic heterocycles. The first-order valence-electron chi connectivity index (χ1n) is 8.61. The van der Waals surface area contributed by atoms with Crippen molar-refractivity contribution in [2.45, 2.75) is 78.0 Å². The van der Waals surface area contributed by atoms with Gasteiger partial charge < -0.3 is 10.1 Å². The average Bonchev–Trinajstić information content (AvgIpc) is 2.42. The molecule has 1 aliphatic heterocycles. The van der Waals surface area contributed by atoms with Crippen LogP contribution in [0.2, 0.25) is 0 Å². The predicted octanol–water partition coefficient (Wildman–Crippen LogP) is 3.04. The fourth-order valence-corrected chi connectivity index (χ4v) is 3.84. The molecule has 1 aliphatic carbocycles. The number of nitrogens with one attached hydrogen (secondary N) is 1. The van der Waals surface area contributed by atoms with Gasteiger partial charge in [0.25, 0.3) is 0 Å². The smallest absolute Gasteiger partial charge is 0.0730 e. The molecule has 20 heavy (non-hydrogen) atoms. The summed E-state index contributed by atoms with van der Waals surface area (Å²) in [6, 6.07) is 1.30. The van der Waals surface area contributed by atoms with Crippen LogP contribution in [0.3, 0.4) is 0 Å². The molecule has 3 heteroatoms. The maximum atomic E-state index is 5.98.